The van der Waals surface area contributed by atoms with E-state index in [1.165, 1.54) is 17.1 Å². The number of piperidine rings is 1. The van der Waals surface area contributed by atoms with Gasteiger partial charge in [-0.3, -0.25) is 0 Å². The first-order valence-corrected chi connectivity index (χ1v) is 8.90. The van der Waals surface area contributed by atoms with Crippen LogP contribution in [0.25, 0.3) is 0 Å². The van der Waals surface area contributed by atoms with Gasteiger partial charge in [0.25, 0.3) is 0 Å². The molecule has 1 heterocycles. The van der Waals surface area contributed by atoms with Gasteiger partial charge in [0.1, 0.15) is 0 Å². The van der Waals surface area contributed by atoms with Crippen LogP contribution >= 0.6 is 0 Å². The Labute approximate surface area is 122 Å². The molecule has 20 heavy (non-hydrogen) atoms. The summed E-state index contributed by atoms with van der Waals surface area (Å²) in [5.74, 6) is 0.230. The van der Waals surface area contributed by atoms with Gasteiger partial charge in [0.15, 0.2) is 0 Å². The lowest BCUT2D eigenvalue weighted by molar-refractivity contribution is 0.388. The van der Waals surface area contributed by atoms with E-state index in [1.807, 2.05) is 30.3 Å². The number of hydrogen-bond acceptors (Lipinski definition) is 3. The van der Waals surface area contributed by atoms with Crippen molar-refractivity contribution < 1.29 is 8.42 Å². The summed E-state index contributed by atoms with van der Waals surface area (Å²) in [6, 6.07) is 10.1. The van der Waals surface area contributed by atoms with Crippen LogP contribution in [0.15, 0.2) is 30.3 Å². The molecule has 5 heteroatoms. The molecule has 1 aromatic carbocycles. The van der Waals surface area contributed by atoms with Gasteiger partial charge in [-0.15, -0.1) is 0 Å². The summed E-state index contributed by atoms with van der Waals surface area (Å²) in [6.45, 7) is 1.46. The van der Waals surface area contributed by atoms with Crippen molar-refractivity contribution in [2.75, 3.05) is 19.3 Å². The van der Waals surface area contributed by atoms with Crippen LogP contribution < -0.4 is 5.32 Å². The largest absolute Gasteiger partial charge is 0.314 e. The summed E-state index contributed by atoms with van der Waals surface area (Å²) in [5, 5.41) is 3.40. The van der Waals surface area contributed by atoms with Gasteiger partial charge in [0.05, 0.1) is 5.75 Å². The Hall–Kier alpha value is -0.910. The minimum Gasteiger partial charge on any atom is -0.314 e. The third-order valence-corrected chi connectivity index (χ3v) is 5.69. The van der Waals surface area contributed by atoms with E-state index in [1.54, 1.807) is 7.05 Å². The highest BCUT2D eigenvalue weighted by Crippen LogP contribution is 2.13. The van der Waals surface area contributed by atoms with E-state index in [-0.39, 0.29) is 5.75 Å². The van der Waals surface area contributed by atoms with Crippen LogP contribution in [0.5, 0.6) is 0 Å². The molecule has 0 aromatic heterocycles. The third-order valence-electron chi connectivity index (χ3n) is 3.86. The van der Waals surface area contributed by atoms with E-state index in [0.29, 0.717) is 19.0 Å². The summed E-state index contributed by atoms with van der Waals surface area (Å²) >= 11 is 0. The first-order chi connectivity index (χ1) is 9.58. The third kappa shape index (κ3) is 4.58. The van der Waals surface area contributed by atoms with Crippen molar-refractivity contribution in [2.45, 2.75) is 38.3 Å². The maximum Gasteiger partial charge on any atom is 0.214 e. The minimum absolute atomic E-state index is 0.230. The lowest BCUT2D eigenvalue weighted by Crippen LogP contribution is -2.37. The first-order valence-electron chi connectivity index (χ1n) is 7.29. The van der Waals surface area contributed by atoms with Crippen molar-refractivity contribution in [3.8, 4) is 0 Å². The molecular formula is C15H24N2O2S. The molecule has 112 valence electrons. The number of hydrogen-bond donors (Lipinski definition) is 1. The van der Waals surface area contributed by atoms with Crippen LogP contribution in [0, 0.1) is 0 Å². The predicted molar refractivity (Wildman–Crippen MR) is 82.0 cm³/mol. The highest BCUT2D eigenvalue weighted by atomic mass is 32.2. The highest BCUT2D eigenvalue weighted by molar-refractivity contribution is 7.89. The van der Waals surface area contributed by atoms with Gasteiger partial charge in [-0.2, -0.15) is 0 Å². The van der Waals surface area contributed by atoms with Crippen molar-refractivity contribution in [3.63, 3.8) is 0 Å². The fourth-order valence-corrected chi connectivity index (χ4v) is 3.80. The zero-order valence-corrected chi connectivity index (χ0v) is 12.9. The Bertz CT molecular complexity index is 496. The SMILES string of the molecule is CN(Cc1ccccc1)S(=O)(=O)CCC1CCCCN1. The minimum atomic E-state index is -3.16. The molecule has 0 radical (unpaired) electrons. The molecule has 0 aliphatic carbocycles. The summed E-state index contributed by atoms with van der Waals surface area (Å²) in [4.78, 5) is 0. The maximum absolute atomic E-state index is 12.3. The monoisotopic (exact) mass is 296 g/mol. The number of rotatable bonds is 6. The Morgan fingerprint density at radius 3 is 2.65 bits per heavy atom. The van der Waals surface area contributed by atoms with Crippen LogP contribution in [-0.2, 0) is 16.6 Å². The van der Waals surface area contributed by atoms with E-state index in [9.17, 15) is 8.42 Å². The summed E-state index contributed by atoms with van der Waals surface area (Å²) < 4.78 is 26.0. The maximum atomic E-state index is 12.3. The Morgan fingerprint density at radius 2 is 2.00 bits per heavy atom. The summed E-state index contributed by atoms with van der Waals surface area (Å²) in [5.41, 5.74) is 1.02. The zero-order valence-electron chi connectivity index (χ0n) is 12.1. The lowest BCUT2D eigenvalue weighted by atomic mass is 10.0. The number of nitrogens with zero attached hydrogens (tertiary/aromatic N) is 1. The number of benzene rings is 1. The smallest absolute Gasteiger partial charge is 0.214 e. The molecule has 0 saturated carbocycles. The average Bonchev–Trinajstić information content (AvgIpc) is 2.47. The van der Waals surface area contributed by atoms with Crippen molar-refractivity contribution >= 4 is 10.0 Å². The van der Waals surface area contributed by atoms with Gasteiger partial charge in [-0.1, -0.05) is 36.8 Å². The fraction of sp³-hybridized carbons (Fsp3) is 0.600. The average molecular weight is 296 g/mol. The van der Waals surface area contributed by atoms with E-state index >= 15 is 0 Å². The second-order valence-electron chi connectivity index (χ2n) is 5.49. The molecule has 1 aliphatic rings. The zero-order chi connectivity index (χ0) is 14.4. The van der Waals surface area contributed by atoms with Crippen LogP contribution in [0.2, 0.25) is 0 Å². The van der Waals surface area contributed by atoms with E-state index < -0.39 is 10.0 Å². The van der Waals surface area contributed by atoms with Gasteiger partial charge >= 0.3 is 0 Å². The number of sulfonamides is 1. The molecule has 1 saturated heterocycles. The topological polar surface area (TPSA) is 49.4 Å². The molecule has 1 aliphatic heterocycles. The summed E-state index contributed by atoms with van der Waals surface area (Å²) in [7, 11) is -1.50. The normalized spacial score (nSPS) is 20.2. The highest BCUT2D eigenvalue weighted by Gasteiger charge is 2.21. The van der Waals surface area contributed by atoms with E-state index in [2.05, 4.69) is 5.32 Å². The molecule has 4 nitrogen and oxygen atoms in total. The standard InChI is InChI=1S/C15H24N2O2S/c1-17(13-14-7-3-2-4-8-14)20(18,19)12-10-15-9-5-6-11-16-15/h2-4,7-8,15-16H,5-6,9-13H2,1H3. The summed E-state index contributed by atoms with van der Waals surface area (Å²) in [6.07, 6.45) is 4.22. The predicted octanol–water partition coefficient (Wildman–Crippen LogP) is 1.98. The fourth-order valence-electron chi connectivity index (χ4n) is 2.56. The van der Waals surface area contributed by atoms with Crippen molar-refractivity contribution in [1.82, 2.24) is 9.62 Å². The first kappa shape index (κ1) is 15.5. The molecule has 0 bridgehead atoms. The molecule has 1 N–H and O–H groups in total. The van der Waals surface area contributed by atoms with Crippen LogP contribution in [0.3, 0.4) is 0 Å². The molecule has 1 aromatic rings. The van der Waals surface area contributed by atoms with Crippen LogP contribution in [-0.4, -0.2) is 38.1 Å². The molecule has 1 fully saturated rings. The van der Waals surface area contributed by atoms with Crippen LogP contribution in [0.4, 0.5) is 0 Å². The molecule has 0 amide bonds. The second-order valence-corrected chi connectivity index (χ2v) is 7.69. The molecule has 1 unspecified atom stereocenters. The molecule has 1 atom stereocenters. The van der Waals surface area contributed by atoms with Gasteiger partial charge in [0, 0.05) is 19.6 Å². The van der Waals surface area contributed by atoms with Gasteiger partial charge < -0.3 is 5.32 Å². The Kier molecular flexibility index (Phi) is 5.57. The lowest BCUT2D eigenvalue weighted by Gasteiger charge is -2.24. The molecular weight excluding hydrogens is 272 g/mol. The molecule has 0 spiro atoms. The van der Waals surface area contributed by atoms with Gasteiger partial charge in [0.2, 0.25) is 10.0 Å². The quantitative estimate of drug-likeness (QED) is 0.873. The van der Waals surface area contributed by atoms with E-state index in [0.717, 1.165) is 18.5 Å². The van der Waals surface area contributed by atoms with Crippen molar-refractivity contribution in [2.24, 2.45) is 0 Å². The second kappa shape index (κ2) is 7.20. The Morgan fingerprint density at radius 1 is 1.25 bits per heavy atom. The van der Waals surface area contributed by atoms with Crippen molar-refractivity contribution in [3.05, 3.63) is 35.9 Å². The van der Waals surface area contributed by atoms with E-state index in [4.69, 9.17) is 0 Å². The number of nitrogens with one attached hydrogen (secondary N) is 1. The van der Waals surface area contributed by atoms with Gasteiger partial charge in [-0.05, 0) is 31.4 Å². The Balaban J connectivity index is 1.85. The van der Waals surface area contributed by atoms with Crippen LogP contribution in [0.1, 0.15) is 31.2 Å². The van der Waals surface area contributed by atoms with Crippen molar-refractivity contribution in [1.29, 1.82) is 0 Å². The van der Waals surface area contributed by atoms with Gasteiger partial charge in [-0.25, -0.2) is 12.7 Å². The molecule has 2 rings (SSSR count).